The van der Waals surface area contributed by atoms with Gasteiger partial charge in [0.1, 0.15) is 0 Å². The Labute approximate surface area is 89.5 Å². The third-order valence-electron chi connectivity index (χ3n) is 2.31. The molecule has 3 heteroatoms. The molecule has 0 aliphatic carbocycles. The Morgan fingerprint density at radius 1 is 1.47 bits per heavy atom. The summed E-state index contributed by atoms with van der Waals surface area (Å²) in [6.07, 6.45) is 1.63. The quantitative estimate of drug-likeness (QED) is 0.767. The average molecular weight is 205 g/mol. The van der Waals surface area contributed by atoms with Gasteiger partial charge in [0.15, 0.2) is 0 Å². The summed E-state index contributed by atoms with van der Waals surface area (Å²) in [7, 11) is 1.76. The summed E-state index contributed by atoms with van der Waals surface area (Å²) in [5, 5.41) is 8.83. The lowest BCUT2D eigenvalue weighted by Gasteiger charge is -2.03. The third kappa shape index (κ3) is 3.20. The van der Waals surface area contributed by atoms with Gasteiger partial charge in [0.05, 0.1) is 5.56 Å². The number of rotatable bonds is 4. The van der Waals surface area contributed by atoms with Crippen molar-refractivity contribution >= 4 is 11.7 Å². The molecule has 0 heterocycles. The predicted octanol–water partition coefficient (Wildman–Crippen LogP) is 2.41. The number of aliphatic imine (C=N–C) groups is 1. The van der Waals surface area contributed by atoms with Crippen molar-refractivity contribution in [3.05, 3.63) is 35.4 Å². The zero-order chi connectivity index (χ0) is 11.3. The van der Waals surface area contributed by atoms with Crippen LogP contribution in [0.4, 0.5) is 0 Å². The molecule has 0 spiro atoms. The van der Waals surface area contributed by atoms with Crippen molar-refractivity contribution in [1.29, 1.82) is 0 Å². The lowest BCUT2D eigenvalue weighted by atomic mass is 10.0. The van der Waals surface area contributed by atoms with Gasteiger partial charge < -0.3 is 5.11 Å². The molecule has 0 radical (unpaired) electrons. The number of nitrogens with zero attached hydrogens (tertiary/aromatic N) is 1. The maximum absolute atomic E-state index is 10.7. The molecule has 80 valence electrons. The first-order chi connectivity index (χ1) is 7.17. The van der Waals surface area contributed by atoms with E-state index in [0.29, 0.717) is 5.56 Å². The van der Waals surface area contributed by atoms with Crippen LogP contribution < -0.4 is 0 Å². The SMILES string of the molecule is CCC(Cc1cccc(C(=O)O)c1)=NC. The number of benzene rings is 1. The third-order valence-corrected chi connectivity index (χ3v) is 2.31. The monoisotopic (exact) mass is 205 g/mol. The number of carboxylic acids is 1. The van der Waals surface area contributed by atoms with Crippen LogP contribution in [0, 0.1) is 0 Å². The predicted molar refractivity (Wildman–Crippen MR) is 60.8 cm³/mol. The first kappa shape index (κ1) is 11.4. The fourth-order valence-corrected chi connectivity index (χ4v) is 1.41. The first-order valence-corrected chi connectivity index (χ1v) is 4.94. The van der Waals surface area contributed by atoms with Crippen molar-refractivity contribution in [3.63, 3.8) is 0 Å². The Morgan fingerprint density at radius 3 is 2.73 bits per heavy atom. The van der Waals surface area contributed by atoms with Crippen LogP contribution in [0.2, 0.25) is 0 Å². The van der Waals surface area contributed by atoms with Gasteiger partial charge in [0.2, 0.25) is 0 Å². The van der Waals surface area contributed by atoms with Crippen LogP contribution in [0.25, 0.3) is 0 Å². The second-order valence-corrected chi connectivity index (χ2v) is 3.33. The Balaban J connectivity index is 2.87. The number of carboxylic acid groups (broad SMARTS) is 1. The highest BCUT2D eigenvalue weighted by atomic mass is 16.4. The highest BCUT2D eigenvalue weighted by molar-refractivity contribution is 5.89. The van der Waals surface area contributed by atoms with Gasteiger partial charge in [-0.05, 0) is 24.1 Å². The molecule has 0 aromatic heterocycles. The lowest BCUT2D eigenvalue weighted by molar-refractivity contribution is 0.0697. The Hall–Kier alpha value is -1.64. The maximum Gasteiger partial charge on any atom is 0.335 e. The van der Waals surface area contributed by atoms with E-state index >= 15 is 0 Å². The number of hydrogen-bond donors (Lipinski definition) is 1. The van der Waals surface area contributed by atoms with E-state index in [1.807, 2.05) is 13.0 Å². The van der Waals surface area contributed by atoms with Crippen LogP contribution in [0.15, 0.2) is 29.3 Å². The highest BCUT2D eigenvalue weighted by Gasteiger charge is 2.04. The lowest BCUT2D eigenvalue weighted by Crippen LogP contribution is -2.03. The molecule has 0 aliphatic rings. The van der Waals surface area contributed by atoms with E-state index in [4.69, 9.17) is 5.11 Å². The van der Waals surface area contributed by atoms with Crippen molar-refractivity contribution in [2.75, 3.05) is 7.05 Å². The smallest absolute Gasteiger partial charge is 0.335 e. The van der Waals surface area contributed by atoms with Gasteiger partial charge in [-0.3, -0.25) is 4.99 Å². The fourth-order valence-electron chi connectivity index (χ4n) is 1.41. The van der Waals surface area contributed by atoms with Crippen LogP contribution in [0.5, 0.6) is 0 Å². The Bertz CT molecular complexity index is 383. The molecule has 0 amide bonds. The van der Waals surface area contributed by atoms with Gasteiger partial charge in [0.25, 0.3) is 0 Å². The van der Waals surface area contributed by atoms with E-state index in [1.165, 1.54) is 0 Å². The molecule has 0 aliphatic heterocycles. The average Bonchev–Trinajstić information content (AvgIpc) is 2.26. The van der Waals surface area contributed by atoms with Gasteiger partial charge in [-0.25, -0.2) is 4.79 Å². The molecule has 3 nitrogen and oxygen atoms in total. The molecule has 0 atom stereocenters. The second kappa shape index (κ2) is 5.29. The molecule has 1 rings (SSSR count). The van der Waals surface area contributed by atoms with Crippen LogP contribution in [0.3, 0.4) is 0 Å². The Morgan fingerprint density at radius 2 is 2.20 bits per heavy atom. The molecule has 15 heavy (non-hydrogen) atoms. The minimum absolute atomic E-state index is 0.332. The molecular formula is C12H15NO2. The van der Waals surface area contributed by atoms with E-state index < -0.39 is 5.97 Å². The Kier molecular flexibility index (Phi) is 4.03. The first-order valence-electron chi connectivity index (χ1n) is 4.94. The van der Waals surface area contributed by atoms with Crippen molar-refractivity contribution in [2.24, 2.45) is 4.99 Å². The second-order valence-electron chi connectivity index (χ2n) is 3.33. The number of aromatic carboxylic acids is 1. The van der Waals surface area contributed by atoms with E-state index in [9.17, 15) is 4.79 Å². The van der Waals surface area contributed by atoms with Crippen molar-refractivity contribution in [3.8, 4) is 0 Å². The van der Waals surface area contributed by atoms with Crippen LogP contribution in [-0.2, 0) is 6.42 Å². The molecule has 1 aromatic carbocycles. The van der Waals surface area contributed by atoms with Gasteiger partial charge in [-0.2, -0.15) is 0 Å². The zero-order valence-electron chi connectivity index (χ0n) is 9.03. The summed E-state index contributed by atoms with van der Waals surface area (Å²) in [5.74, 6) is -0.886. The minimum Gasteiger partial charge on any atom is -0.478 e. The van der Waals surface area contributed by atoms with E-state index in [0.717, 1.165) is 24.1 Å². The fraction of sp³-hybridized carbons (Fsp3) is 0.333. The summed E-state index contributed by atoms with van der Waals surface area (Å²) in [5.41, 5.74) is 2.41. The molecular weight excluding hydrogens is 190 g/mol. The topological polar surface area (TPSA) is 49.7 Å². The van der Waals surface area contributed by atoms with Crippen LogP contribution in [-0.4, -0.2) is 23.8 Å². The molecule has 0 saturated heterocycles. The molecule has 0 saturated carbocycles. The summed E-state index contributed by atoms with van der Waals surface area (Å²) < 4.78 is 0. The number of hydrogen-bond acceptors (Lipinski definition) is 2. The van der Waals surface area contributed by atoms with Gasteiger partial charge >= 0.3 is 5.97 Å². The maximum atomic E-state index is 10.7. The summed E-state index contributed by atoms with van der Waals surface area (Å²) in [6, 6.07) is 6.98. The standard InChI is InChI=1S/C12H15NO2/c1-3-11(13-2)8-9-5-4-6-10(7-9)12(14)15/h4-7H,3,8H2,1-2H3,(H,14,15). The number of carbonyl (C=O) groups is 1. The largest absolute Gasteiger partial charge is 0.478 e. The molecule has 1 N–H and O–H groups in total. The summed E-state index contributed by atoms with van der Waals surface area (Å²) in [6.45, 7) is 2.05. The van der Waals surface area contributed by atoms with Gasteiger partial charge in [-0.15, -0.1) is 0 Å². The minimum atomic E-state index is -0.886. The van der Waals surface area contributed by atoms with Gasteiger partial charge in [-0.1, -0.05) is 19.1 Å². The normalized spacial score (nSPS) is 11.5. The van der Waals surface area contributed by atoms with E-state index in [2.05, 4.69) is 4.99 Å². The van der Waals surface area contributed by atoms with Crippen molar-refractivity contribution in [2.45, 2.75) is 19.8 Å². The van der Waals surface area contributed by atoms with E-state index in [1.54, 1.807) is 25.2 Å². The zero-order valence-corrected chi connectivity index (χ0v) is 9.03. The van der Waals surface area contributed by atoms with E-state index in [-0.39, 0.29) is 0 Å². The molecule has 0 unspecified atom stereocenters. The van der Waals surface area contributed by atoms with Crippen molar-refractivity contribution in [1.82, 2.24) is 0 Å². The van der Waals surface area contributed by atoms with Crippen LogP contribution in [0.1, 0.15) is 29.3 Å². The van der Waals surface area contributed by atoms with Crippen molar-refractivity contribution < 1.29 is 9.90 Å². The summed E-state index contributed by atoms with van der Waals surface area (Å²) >= 11 is 0. The molecule has 0 bridgehead atoms. The molecule has 0 fully saturated rings. The van der Waals surface area contributed by atoms with Gasteiger partial charge in [0, 0.05) is 19.2 Å². The highest BCUT2D eigenvalue weighted by Crippen LogP contribution is 2.07. The molecule has 1 aromatic rings. The van der Waals surface area contributed by atoms with Crippen LogP contribution >= 0.6 is 0 Å². The summed E-state index contributed by atoms with van der Waals surface area (Å²) in [4.78, 5) is 14.9.